The summed E-state index contributed by atoms with van der Waals surface area (Å²) in [7, 11) is 0. The van der Waals surface area contributed by atoms with E-state index in [0.717, 1.165) is 11.1 Å². The van der Waals surface area contributed by atoms with Crippen LogP contribution in [-0.4, -0.2) is 0 Å². The van der Waals surface area contributed by atoms with E-state index in [4.69, 9.17) is 0 Å². The first-order valence-corrected chi connectivity index (χ1v) is 6.04. The predicted molar refractivity (Wildman–Crippen MR) is 82.2 cm³/mol. The van der Waals surface area contributed by atoms with E-state index in [9.17, 15) is 0 Å². The molecule has 17 heavy (non-hydrogen) atoms. The maximum atomic E-state index is 3.84. The molecule has 0 nitrogen and oxygen atoms in total. The second-order valence-corrected chi connectivity index (χ2v) is 3.28. The standard InChI is InChI=1S/C15H20.C2H6/c1-7-11-12(5)15(10-4)13(6)14(8-2)9-3;1-2/h7-11H,1-2,4H2,3,5-6H3;1-2H3/b12-11-,14-9+,15-13+;. The van der Waals surface area contributed by atoms with Crippen LogP contribution in [0.4, 0.5) is 0 Å². The fourth-order valence-corrected chi connectivity index (χ4v) is 1.52. The summed E-state index contributed by atoms with van der Waals surface area (Å²) < 4.78 is 0. The van der Waals surface area contributed by atoms with E-state index in [2.05, 4.69) is 33.6 Å². The van der Waals surface area contributed by atoms with Crippen LogP contribution >= 0.6 is 0 Å². The summed E-state index contributed by atoms with van der Waals surface area (Å²) in [5.41, 5.74) is 4.64. The van der Waals surface area contributed by atoms with Crippen molar-refractivity contribution in [1.82, 2.24) is 0 Å². The van der Waals surface area contributed by atoms with Gasteiger partial charge >= 0.3 is 0 Å². The summed E-state index contributed by atoms with van der Waals surface area (Å²) in [6.45, 7) is 21.5. The molecule has 0 aromatic carbocycles. The van der Waals surface area contributed by atoms with E-state index in [1.807, 2.05) is 45.1 Å². The third kappa shape index (κ3) is 5.91. The highest BCUT2D eigenvalue weighted by atomic mass is 14.1. The Kier molecular flexibility index (Phi) is 11.5. The van der Waals surface area contributed by atoms with Crippen LogP contribution < -0.4 is 0 Å². The molecule has 94 valence electrons. The maximum absolute atomic E-state index is 3.84. The molecule has 0 N–H and O–H groups in total. The largest absolute Gasteiger partial charge is 0.0991 e. The molecule has 0 radical (unpaired) electrons. The molecule has 0 saturated carbocycles. The van der Waals surface area contributed by atoms with Crippen LogP contribution in [0.3, 0.4) is 0 Å². The predicted octanol–water partition coefficient (Wildman–Crippen LogP) is 5.78. The molecule has 0 spiro atoms. The van der Waals surface area contributed by atoms with Crippen molar-refractivity contribution in [3.05, 3.63) is 72.4 Å². The molecular formula is C17H26. The molecule has 0 aromatic heterocycles. The fraction of sp³-hybridized carbons (Fsp3) is 0.294. The molecule has 0 saturated heterocycles. The summed E-state index contributed by atoms with van der Waals surface area (Å²) in [6, 6.07) is 0. The average Bonchev–Trinajstić information content (AvgIpc) is 2.34. The Morgan fingerprint density at radius 2 is 1.47 bits per heavy atom. The minimum absolute atomic E-state index is 1.14. The van der Waals surface area contributed by atoms with E-state index in [-0.39, 0.29) is 0 Å². The van der Waals surface area contributed by atoms with Gasteiger partial charge in [0.15, 0.2) is 0 Å². The maximum Gasteiger partial charge on any atom is -0.0198 e. The van der Waals surface area contributed by atoms with E-state index in [0.29, 0.717) is 0 Å². The van der Waals surface area contributed by atoms with Gasteiger partial charge in [-0.25, -0.2) is 0 Å². The van der Waals surface area contributed by atoms with Gasteiger partial charge in [0, 0.05) is 0 Å². The first kappa shape index (κ1) is 17.8. The fourth-order valence-electron chi connectivity index (χ4n) is 1.52. The highest BCUT2D eigenvalue weighted by molar-refractivity contribution is 5.51. The Labute approximate surface area is 107 Å². The lowest BCUT2D eigenvalue weighted by Gasteiger charge is -2.09. The lowest BCUT2D eigenvalue weighted by Crippen LogP contribution is -1.90. The van der Waals surface area contributed by atoms with Crippen molar-refractivity contribution in [1.29, 1.82) is 0 Å². The monoisotopic (exact) mass is 230 g/mol. The highest BCUT2D eigenvalue weighted by Gasteiger charge is 2.02. The van der Waals surface area contributed by atoms with Gasteiger partial charge in [-0.1, -0.05) is 64.0 Å². The molecule has 0 rings (SSSR count). The molecular weight excluding hydrogens is 204 g/mol. The second-order valence-electron chi connectivity index (χ2n) is 3.28. The molecule has 0 bridgehead atoms. The zero-order valence-corrected chi connectivity index (χ0v) is 12.0. The lowest BCUT2D eigenvalue weighted by molar-refractivity contribution is 1.30. The van der Waals surface area contributed by atoms with Gasteiger partial charge in [-0.15, -0.1) is 0 Å². The molecule has 0 aliphatic rings. The van der Waals surface area contributed by atoms with Crippen molar-refractivity contribution in [3.8, 4) is 0 Å². The average molecular weight is 230 g/mol. The Balaban J connectivity index is 0. The Morgan fingerprint density at radius 1 is 0.941 bits per heavy atom. The van der Waals surface area contributed by atoms with Crippen molar-refractivity contribution in [3.63, 3.8) is 0 Å². The summed E-state index contributed by atoms with van der Waals surface area (Å²) >= 11 is 0. The smallest absolute Gasteiger partial charge is 0.0198 e. The van der Waals surface area contributed by atoms with Crippen LogP contribution in [0.15, 0.2) is 72.4 Å². The third-order valence-corrected chi connectivity index (χ3v) is 2.36. The minimum Gasteiger partial charge on any atom is -0.0991 e. The van der Waals surface area contributed by atoms with Crippen molar-refractivity contribution < 1.29 is 0 Å². The van der Waals surface area contributed by atoms with Gasteiger partial charge in [0.2, 0.25) is 0 Å². The molecule has 0 aliphatic carbocycles. The Bertz CT molecular complexity index is 346. The second kappa shape index (κ2) is 10.9. The molecule has 0 aromatic rings. The van der Waals surface area contributed by atoms with Gasteiger partial charge in [-0.05, 0) is 43.1 Å². The summed E-state index contributed by atoms with van der Waals surface area (Å²) in [5, 5.41) is 0. The minimum atomic E-state index is 1.14. The van der Waals surface area contributed by atoms with Crippen LogP contribution in [0.2, 0.25) is 0 Å². The van der Waals surface area contributed by atoms with Gasteiger partial charge < -0.3 is 0 Å². The number of hydrogen-bond donors (Lipinski definition) is 0. The van der Waals surface area contributed by atoms with Crippen molar-refractivity contribution in [2.75, 3.05) is 0 Å². The SMILES string of the molecule is C=C\C=C(C)/C(C=C)=C(C)/C(C=C)=C/C.CC. The summed E-state index contributed by atoms with van der Waals surface area (Å²) in [4.78, 5) is 0. The zero-order valence-electron chi connectivity index (χ0n) is 12.0. The number of hydrogen-bond acceptors (Lipinski definition) is 0. The van der Waals surface area contributed by atoms with Crippen molar-refractivity contribution in [2.45, 2.75) is 34.6 Å². The molecule has 0 amide bonds. The quantitative estimate of drug-likeness (QED) is 0.525. The van der Waals surface area contributed by atoms with Crippen molar-refractivity contribution >= 4 is 0 Å². The first-order chi connectivity index (χ1) is 8.12. The topological polar surface area (TPSA) is 0 Å². The molecule has 0 unspecified atom stereocenters. The normalized spacial score (nSPS) is 13.0. The molecule has 0 atom stereocenters. The summed E-state index contributed by atoms with van der Waals surface area (Å²) in [5.74, 6) is 0. The Hall–Kier alpha value is -1.56. The molecule has 0 heterocycles. The van der Waals surface area contributed by atoms with E-state index in [1.165, 1.54) is 11.1 Å². The zero-order chi connectivity index (χ0) is 13.8. The van der Waals surface area contributed by atoms with E-state index in [1.54, 1.807) is 6.08 Å². The lowest BCUT2D eigenvalue weighted by atomic mass is 9.96. The molecule has 0 aliphatic heterocycles. The van der Waals surface area contributed by atoms with E-state index < -0.39 is 0 Å². The highest BCUT2D eigenvalue weighted by Crippen LogP contribution is 2.22. The van der Waals surface area contributed by atoms with Crippen molar-refractivity contribution in [2.24, 2.45) is 0 Å². The van der Waals surface area contributed by atoms with E-state index >= 15 is 0 Å². The van der Waals surface area contributed by atoms with Crippen LogP contribution in [0.25, 0.3) is 0 Å². The van der Waals surface area contributed by atoms with Crippen LogP contribution in [-0.2, 0) is 0 Å². The van der Waals surface area contributed by atoms with Crippen LogP contribution in [0, 0.1) is 0 Å². The molecule has 0 fully saturated rings. The first-order valence-electron chi connectivity index (χ1n) is 6.04. The third-order valence-electron chi connectivity index (χ3n) is 2.36. The van der Waals surface area contributed by atoms with Gasteiger partial charge in [0.05, 0.1) is 0 Å². The number of rotatable bonds is 5. The van der Waals surface area contributed by atoms with Gasteiger partial charge in [0.1, 0.15) is 0 Å². The van der Waals surface area contributed by atoms with Gasteiger partial charge in [-0.2, -0.15) is 0 Å². The molecule has 0 heteroatoms. The Morgan fingerprint density at radius 3 is 1.76 bits per heavy atom. The van der Waals surface area contributed by atoms with Gasteiger partial charge in [-0.3, -0.25) is 0 Å². The van der Waals surface area contributed by atoms with Crippen LogP contribution in [0.5, 0.6) is 0 Å². The van der Waals surface area contributed by atoms with Gasteiger partial charge in [0.25, 0.3) is 0 Å². The summed E-state index contributed by atoms with van der Waals surface area (Å²) in [6.07, 6.45) is 9.55. The number of allylic oxidation sites excluding steroid dienone is 9. The van der Waals surface area contributed by atoms with Crippen LogP contribution in [0.1, 0.15) is 34.6 Å².